The summed E-state index contributed by atoms with van der Waals surface area (Å²) in [6, 6.07) is 4.83. The molecular formula is C12H14BrFN4. The molecule has 0 saturated carbocycles. The lowest BCUT2D eigenvalue weighted by molar-refractivity contribution is 0.621. The Morgan fingerprint density at radius 1 is 1.50 bits per heavy atom. The van der Waals surface area contributed by atoms with Crippen molar-refractivity contribution in [2.75, 3.05) is 11.1 Å². The molecule has 1 aromatic carbocycles. The zero-order valence-corrected chi connectivity index (χ0v) is 11.8. The van der Waals surface area contributed by atoms with Crippen molar-refractivity contribution in [3.63, 3.8) is 0 Å². The lowest BCUT2D eigenvalue weighted by Crippen LogP contribution is -2.04. The number of aryl methyl sites for hydroxylation is 2. The molecular weight excluding hydrogens is 299 g/mol. The monoisotopic (exact) mass is 312 g/mol. The first kappa shape index (κ1) is 12.9. The van der Waals surface area contributed by atoms with E-state index in [0.717, 1.165) is 5.69 Å². The summed E-state index contributed by atoms with van der Waals surface area (Å²) in [5.74, 6) is 0.370. The largest absolute Gasteiger partial charge is 0.394 e. The molecule has 6 heteroatoms. The van der Waals surface area contributed by atoms with Crippen LogP contribution in [0.15, 0.2) is 22.7 Å². The molecule has 96 valence electrons. The van der Waals surface area contributed by atoms with Crippen molar-refractivity contribution in [2.45, 2.75) is 20.4 Å². The van der Waals surface area contributed by atoms with E-state index in [1.165, 1.54) is 6.07 Å². The number of aromatic nitrogens is 2. The van der Waals surface area contributed by atoms with E-state index in [1.54, 1.807) is 16.8 Å². The van der Waals surface area contributed by atoms with Gasteiger partial charge >= 0.3 is 0 Å². The van der Waals surface area contributed by atoms with Crippen molar-refractivity contribution in [3.05, 3.63) is 34.2 Å². The van der Waals surface area contributed by atoms with E-state index >= 15 is 0 Å². The SMILES string of the molecule is CCn1nc(C)c(N)c1Nc1ccc(Br)c(F)c1. The summed E-state index contributed by atoms with van der Waals surface area (Å²) in [5, 5.41) is 7.39. The second kappa shape index (κ2) is 4.97. The number of halogens is 2. The third-order valence-electron chi connectivity index (χ3n) is 2.66. The fourth-order valence-electron chi connectivity index (χ4n) is 1.67. The van der Waals surface area contributed by atoms with E-state index in [1.807, 2.05) is 13.8 Å². The quantitative estimate of drug-likeness (QED) is 0.912. The lowest BCUT2D eigenvalue weighted by atomic mass is 10.3. The molecule has 1 aromatic heterocycles. The topological polar surface area (TPSA) is 55.9 Å². The predicted octanol–water partition coefficient (Wildman–Crippen LogP) is 3.44. The first-order chi connectivity index (χ1) is 8.52. The Balaban J connectivity index is 2.36. The standard InChI is InChI=1S/C12H14BrFN4/c1-3-18-12(11(15)7(2)17-18)16-8-4-5-9(13)10(14)6-8/h4-6,16H,3,15H2,1-2H3. The van der Waals surface area contributed by atoms with E-state index in [9.17, 15) is 4.39 Å². The van der Waals surface area contributed by atoms with Crippen molar-refractivity contribution >= 4 is 33.1 Å². The minimum atomic E-state index is -0.321. The highest BCUT2D eigenvalue weighted by molar-refractivity contribution is 9.10. The molecule has 2 aromatic rings. The fourth-order valence-corrected chi connectivity index (χ4v) is 1.91. The van der Waals surface area contributed by atoms with Crippen LogP contribution < -0.4 is 11.1 Å². The molecule has 0 aliphatic heterocycles. The first-order valence-corrected chi connectivity index (χ1v) is 6.37. The number of nitrogens with one attached hydrogen (secondary N) is 1. The van der Waals surface area contributed by atoms with Crippen LogP contribution in [0.25, 0.3) is 0 Å². The van der Waals surface area contributed by atoms with Crippen LogP contribution in [0.3, 0.4) is 0 Å². The molecule has 0 radical (unpaired) electrons. The maximum absolute atomic E-state index is 13.4. The summed E-state index contributed by atoms with van der Waals surface area (Å²) in [4.78, 5) is 0. The van der Waals surface area contributed by atoms with Crippen LogP contribution >= 0.6 is 15.9 Å². The highest BCUT2D eigenvalue weighted by Gasteiger charge is 2.12. The molecule has 0 atom stereocenters. The molecule has 0 fully saturated rings. The third kappa shape index (κ3) is 2.33. The second-order valence-electron chi connectivity index (χ2n) is 3.92. The molecule has 4 nitrogen and oxygen atoms in total. The number of nitrogens with two attached hydrogens (primary N) is 1. The molecule has 3 N–H and O–H groups in total. The normalized spacial score (nSPS) is 10.7. The molecule has 0 unspecified atom stereocenters. The number of rotatable bonds is 3. The van der Waals surface area contributed by atoms with Crippen LogP contribution in [0.1, 0.15) is 12.6 Å². The van der Waals surface area contributed by atoms with Crippen molar-refractivity contribution in [1.29, 1.82) is 0 Å². The van der Waals surface area contributed by atoms with Crippen LogP contribution in [-0.2, 0) is 6.54 Å². The molecule has 18 heavy (non-hydrogen) atoms. The molecule has 0 aliphatic carbocycles. The fraction of sp³-hybridized carbons (Fsp3) is 0.250. The van der Waals surface area contributed by atoms with Gasteiger partial charge in [0.25, 0.3) is 0 Å². The Hall–Kier alpha value is -1.56. The second-order valence-corrected chi connectivity index (χ2v) is 4.77. The van der Waals surface area contributed by atoms with E-state index in [4.69, 9.17) is 5.73 Å². The van der Waals surface area contributed by atoms with Crippen molar-refractivity contribution < 1.29 is 4.39 Å². The molecule has 2 rings (SSSR count). The van der Waals surface area contributed by atoms with Gasteiger partial charge in [-0.3, -0.25) is 0 Å². The Labute approximate surface area is 113 Å². The number of nitrogen functional groups attached to an aromatic ring is 1. The lowest BCUT2D eigenvalue weighted by Gasteiger charge is -2.09. The van der Waals surface area contributed by atoms with Crippen LogP contribution in [0.2, 0.25) is 0 Å². The molecule has 0 amide bonds. The summed E-state index contributed by atoms with van der Waals surface area (Å²) in [5.41, 5.74) is 7.93. The molecule has 0 bridgehead atoms. The van der Waals surface area contributed by atoms with E-state index in [-0.39, 0.29) is 5.82 Å². The molecule has 0 spiro atoms. The van der Waals surface area contributed by atoms with Gasteiger partial charge in [0, 0.05) is 12.2 Å². The zero-order chi connectivity index (χ0) is 13.3. The van der Waals surface area contributed by atoms with Crippen LogP contribution in [-0.4, -0.2) is 9.78 Å². The number of hydrogen-bond donors (Lipinski definition) is 2. The average molecular weight is 313 g/mol. The van der Waals surface area contributed by atoms with Crippen molar-refractivity contribution in [2.24, 2.45) is 0 Å². The minimum absolute atomic E-state index is 0.321. The van der Waals surface area contributed by atoms with Crippen molar-refractivity contribution in [1.82, 2.24) is 9.78 Å². The minimum Gasteiger partial charge on any atom is -0.394 e. The van der Waals surface area contributed by atoms with Gasteiger partial charge in [0.2, 0.25) is 0 Å². The summed E-state index contributed by atoms with van der Waals surface area (Å²) in [6.45, 7) is 4.51. The molecule has 1 heterocycles. The van der Waals surface area contributed by atoms with Crippen LogP contribution in [0.5, 0.6) is 0 Å². The van der Waals surface area contributed by atoms with Gasteiger partial charge in [0.15, 0.2) is 5.82 Å². The molecule has 0 saturated heterocycles. The first-order valence-electron chi connectivity index (χ1n) is 5.58. The Bertz CT molecular complexity index is 580. The van der Waals surface area contributed by atoms with Crippen LogP contribution in [0, 0.1) is 12.7 Å². The Morgan fingerprint density at radius 3 is 2.83 bits per heavy atom. The van der Waals surface area contributed by atoms with E-state index in [0.29, 0.717) is 28.2 Å². The third-order valence-corrected chi connectivity index (χ3v) is 3.30. The van der Waals surface area contributed by atoms with Gasteiger partial charge in [-0.1, -0.05) is 0 Å². The number of anilines is 3. The number of nitrogens with zero attached hydrogens (tertiary/aromatic N) is 2. The van der Waals surface area contributed by atoms with E-state index in [2.05, 4.69) is 26.3 Å². The van der Waals surface area contributed by atoms with Gasteiger partial charge < -0.3 is 11.1 Å². The van der Waals surface area contributed by atoms with Gasteiger partial charge in [-0.25, -0.2) is 9.07 Å². The number of benzene rings is 1. The summed E-state index contributed by atoms with van der Waals surface area (Å²) >= 11 is 3.12. The maximum Gasteiger partial charge on any atom is 0.152 e. The zero-order valence-electron chi connectivity index (χ0n) is 10.2. The predicted molar refractivity (Wildman–Crippen MR) is 74.4 cm³/mol. The highest BCUT2D eigenvalue weighted by atomic mass is 79.9. The van der Waals surface area contributed by atoms with Gasteiger partial charge in [0.1, 0.15) is 5.82 Å². The van der Waals surface area contributed by atoms with Crippen LogP contribution in [0.4, 0.5) is 21.6 Å². The van der Waals surface area contributed by atoms with Crippen molar-refractivity contribution in [3.8, 4) is 0 Å². The molecule has 0 aliphatic rings. The van der Waals surface area contributed by atoms with Gasteiger partial charge in [-0.15, -0.1) is 0 Å². The van der Waals surface area contributed by atoms with Gasteiger partial charge in [0.05, 0.1) is 15.9 Å². The summed E-state index contributed by atoms with van der Waals surface area (Å²) in [6.07, 6.45) is 0. The van der Waals surface area contributed by atoms with E-state index < -0.39 is 0 Å². The van der Waals surface area contributed by atoms with Gasteiger partial charge in [-0.2, -0.15) is 5.10 Å². The highest BCUT2D eigenvalue weighted by Crippen LogP contribution is 2.27. The smallest absolute Gasteiger partial charge is 0.152 e. The summed E-state index contributed by atoms with van der Waals surface area (Å²) in [7, 11) is 0. The Kier molecular flexibility index (Phi) is 3.56. The average Bonchev–Trinajstić information content (AvgIpc) is 2.61. The summed E-state index contributed by atoms with van der Waals surface area (Å²) < 4.78 is 15.6. The van der Waals surface area contributed by atoms with Gasteiger partial charge in [-0.05, 0) is 48.0 Å². The maximum atomic E-state index is 13.4. The Morgan fingerprint density at radius 2 is 2.22 bits per heavy atom. The number of hydrogen-bond acceptors (Lipinski definition) is 3.